The van der Waals surface area contributed by atoms with Gasteiger partial charge in [-0.1, -0.05) is 17.7 Å². The normalized spacial score (nSPS) is 19.3. The van der Waals surface area contributed by atoms with E-state index in [4.69, 9.17) is 11.6 Å². The van der Waals surface area contributed by atoms with Crippen LogP contribution in [0.15, 0.2) is 23.2 Å². The number of hydrogen-bond acceptors (Lipinski definition) is 2. The Morgan fingerprint density at radius 3 is 3.13 bits per heavy atom. The molecule has 3 rings (SSSR count). The predicted molar refractivity (Wildman–Crippen MR) is 62.8 cm³/mol. The van der Waals surface area contributed by atoms with Gasteiger partial charge in [0.1, 0.15) is 5.84 Å². The Hall–Kier alpha value is -1.02. The SMILES string of the molecule is Clc1ccc2c(c1)N=C1CCCCN1C2. The molecule has 0 amide bonds. The Labute approximate surface area is 94.6 Å². The second kappa shape index (κ2) is 3.53. The van der Waals surface area contributed by atoms with E-state index in [9.17, 15) is 0 Å². The van der Waals surface area contributed by atoms with Gasteiger partial charge in [0.15, 0.2) is 0 Å². The van der Waals surface area contributed by atoms with E-state index in [0.29, 0.717) is 0 Å². The number of benzene rings is 1. The Kier molecular flexibility index (Phi) is 2.17. The first kappa shape index (κ1) is 9.22. The molecule has 0 aromatic heterocycles. The van der Waals surface area contributed by atoms with Crippen LogP contribution < -0.4 is 0 Å². The smallest absolute Gasteiger partial charge is 0.105 e. The Bertz CT molecular complexity index is 426. The van der Waals surface area contributed by atoms with Crippen LogP contribution in [0, 0.1) is 0 Å². The van der Waals surface area contributed by atoms with E-state index >= 15 is 0 Å². The molecule has 78 valence electrons. The summed E-state index contributed by atoms with van der Waals surface area (Å²) < 4.78 is 0. The van der Waals surface area contributed by atoms with E-state index in [0.717, 1.165) is 30.2 Å². The van der Waals surface area contributed by atoms with E-state index in [1.165, 1.54) is 24.2 Å². The minimum atomic E-state index is 0.780. The number of piperidine rings is 1. The van der Waals surface area contributed by atoms with Gasteiger partial charge >= 0.3 is 0 Å². The summed E-state index contributed by atoms with van der Waals surface area (Å²) in [7, 11) is 0. The largest absolute Gasteiger partial charge is 0.356 e. The molecule has 0 saturated carbocycles. The molecule has 2 aliphatic rings. The minimum absolute atomic E-state index is 0.780. The molecule has 2 nitrogen and oxygen atoms in total. The van der Waals surface area contributed by atoms with E-state index in [-0.39, 0.29) is 0 Å². The molecule has 0 aliphatic carbocycles. The molecule has 0 atom stereocenters. The fraction of sp³-hybridized carbons (Fsp3) is 0.417. The molecule has 1 fully saturated rings. The van der Waals surface area contributed by atoms with Gasteiger partial charge in [-0.15, -0.1) is 0 Å². The molecule has 15 heavy (non-hydrogen) atoms. The lowest BCUT2D eigenvalue weighted by molar-refractivity contribution is 0.359. The number of hydrogen-bond donors (Lipinski definition) is 0. The van der Waals surface area contributed by atoms with Crippen molar-refractivity contribution in [1.29, 1.82) is 0 Å². The summed E-state index contributed by atoms with van der Waals surface area (Å²) in [5, 5.41) is 0.780. The third-order valence-corrected chi connectivity index (χ3v) is 3.34. The molecule has 0 radical (unpaired) electrons. The number of amidine groups is 1. The van der Waals surface area contributed by atoms with Gasteiger partial charge in [0.25, 0.3) is 0 Å². The Morgan fingerprint density at radius 2 is 2.20 bits per heavy atom. The molecule has 2 aliphatic heterocycles. The second-order valence-electron chi connectivity index (χ2n) is 4.18. The second-order valence-corrected chi connectivity index (χ2v) is 4.62. The molecular weight excluding hydrogens is 208 g/mol. The molecular formula is C12H13ClN2. The number of aliphatic imine (C=N–C) groups is 1. The summed E-state index contributed by atoms with van der Waals surface area (Å²) in [6.07, 6.45) is 3.68. The molecule has 0 spiro atoms. The van der Waals surface area contributed by atoms with Gasteiger partial charge in [0.05, 0.1) is 5.69 Å². The van der Waals surface area contributed by atoms with Crippen molar-refractivity contribution in [2.45, 2.75) is 25.8 Å². The van der Waals surface area contributed by atoms with Gasteiger partial charge < -0.3 is 4.90 Å². The van der Waals surface area contributed by atoms with E-state index in [1.807, 2.05) is 12.1 Å². The summed E-state index contributed by atoms with van der Waals surface area (Å²) in [6.45, 7) is 2.16. The van der Waals surface area contributed by atoms with Crippen molar-refractivity contribution in [3.8, 4) is 0 Å². The number of nitrogens with zero attached hydrogens (tertiary/aromatic N) is 2. The fourth-order valence-corrected chi connectivity index (χ4v) is 2.46. The number of fused-ring (bicyclic) bond motifs is 2. The van der Waals surface area contributed by atoms with Crippen LogP contribution in [0.3, 0.4) is 0 Å². The van der Waals surface area contributed by atoms with Crippen LogP contribution in [0.1, 0.15) is 24.8 Å². The van der Waals surface area contributed by atoms with Crippen molar-refractivity contribution >= 4 is 23.1 Å². The highest BCUT2D eigenvalue weighted by Crippen LogP contribution is 2.31. The number of halogens is 1. The van der Waals surface area contributed by atoms with Crippen LogP contribution in [0.2, 0.25) is 5.02 Å². The molecule has 0 unspecified atom stereocenters. The van der Waals surface area contributed by atoms with Gasteiger partial charge in [-0.05, 0) is 30.5 Å². The number of rotatable bonds is 0. The monoisotopic (exact) mass is 220 g/mol. The van der Waals surface area contributed by atoms with Gasteiger partial charge in [-0.2, -0.15) is 0 Å². The molecule has 1 aromatic rings. The maximum absolute atomic E-state index is 5.97. The van der Waals surface area contributed by atoms with Crippen LogP contribution in [0.5, 0.6) is 0 Å². The first-order chi connectivity index (χ1) is 7.33. The molecule has 0 bridgehead atoms. The van der Waals surface area contributed by atoms with E-state index in [1.54, 1.807) is 0 Å². The third kappa shape index (κ3) is 1.63. The fourth-order valence-electron chi connectivity index (χ4n) is 2.29. The lowest BCUT2D eigenvalue weighted by Crippen LogP contribution is -2.36. The van der Waals surface area contributed by atoms with Gasteiger partial charge in [-0.25, -0.2) is 4.99 Å². The van der Waals surface area contributed by atoms with E-state index < -0.39 is 0 Å². The summed E-state index contributed by atoms with van der Waals surface area (Å²) >= 11 is 5.97. The molecule has 3 heteroatoms. The average Bonchev–Trinajstić information content (AvgIpc) is 2.26. The van der Waals surface area contributed by atoms with Crippen molar-refractivity contribution in [2.75, 3.05) is 6.54 Å². The van der Waals surface area contributed by atoms with E-state index in [2.05, 4.69) is 16.0 Å². The van der Waals surface area contributed by atoms with Crippen molar-refractivity contribution in [1.82, 2.24) is 4.90 Å². The third-order valence-electron chi connectivity index (χ3n) is 3.10. The predicted octanol–water partition coefficient (Wildman–Crippen LogP) is 3.37. The zero-order valence-corrected chi connectivity index (χ0v) is 9.30. The summed E-state index contributed by atoms with van der Waals surface area (Å²) in [4.78, 5) is 7.07. The zero-order valence-electron chi connectivity index (χ0n) is 8.54. The highest BCUT2D eigenvalue weighted by Gasteiger charge is 2.21. The standard InChI is InChI=1S/C12H13ClN2/c13-10-5-4-9-8-15-6-2-1-3-12(15)14-11(9)7-10/h4-5,7H,1-3,6,8H2. The van der Waals surface area contributed by atoms with Crippen LogP contribution in [-0.4, -0.2) is 17.3 Å². The summed E-state index contributed by atoms with van der Waals surface area (Å²) in [5.41, 5.74) is 2.36. The quantitative estimate of drug-likeness (QED) is 0.655. The first-order valence-corrected chi connectivity index (χ1v) is 5.82. The molecule has 2 heterocycles. The van der Waals surface area contributed by atoms with Gasteiger partial charge in [-0.3, -0.25) is 0 Å². The zero-order chi connectivity index (χ0) is 10.3. The topological polar surface area (TPSA) is 15.6 Å². The van der Waals surface area contributed by atoms with Crippen LogP contribution in [0.4, 0.5) is 5.69 Å². The van der Waals surface area contributed by atoms with Crippen molar-refractivity contribution in [3.05, 3.63) is 28.8 Å². The summed E-state index contributed by atoms with van der Waals surface area (Å²) in [6, 6.07) is 6.01. The average molecular weight is 221 g/mol. The van der Waals surface area contributed by atoms with Crippen molar-refractivity contribution in [2.24, 2.45) is 4.99 Å². The molecule has 0 N–H and O–H groups in total. The minimum Gasteiger partial charge on any atom is -0.356 e. The Morgan fingerprint density at radius 1 is 1.27 bits per heavy atom. The van der Waals surface area contributed by atoms with Crippen molar-refractivity contribution in [3.63, 3.8) is 0 Å². The Balaban J connectivity index is 2.03. The van der Waals surface area contributed by atoms with Crippen molar-refractivity contribution < 1.29 is 0 Å². The maximum Gasteiger partial charge on any atom is 0.105 e. The van der Waals surface area contributed by atoms with Gasteiger partial charge in [0.2, 0.25) is 0 Å². The highest BCUT2D eigenvalue weighted by atomic mass is 35.5. The lowest BCUT2D eigenvalue weighted by Gasteiger charge is -2.33. The summed E-state index contributed by atoms with van der Waals surface area (Å²) in [5.74, 6) is 1.25. The molecule has 1 saturated heterocycles. The molecule has 1 aromatic carbocycles. The first-order valence-electron chi connectivity index (χ1n) is 5.44. The highest BCUT2D eigenvalue weighted by molar-refractivity contribution is 6.30. The van der Waals surface area contributed by atoms with Gasteiger partial charge in [0, 0.05) is 24.5 Å². The van der Waals surface area contributed by atoms with Crippen LogP contribution in [-0.2, 0) is 6.54 Å². The lowest BCUT2D eigenvalue weighted by atomic mass is 10.0. The van der Waals surface area contributed by atoms with Crippen LogP contribution >= 0.6 is 11.6 Å². The van der Waals surface area contributed by atoms with Crippen LogP contribution in [0.25, 0.3) is 0 Å². The maximum atomic E-state index is 5.97.